The predicted molar refractivity (Wildman–Crippen MR) is 61.5 cm³/mol. The smallest absolute Gasteiger partial charge is 0.309 e. The minimum absolute atomic E-state index is 0.0295. The number of carbonyl (C=O) groups excluding carboxylic acids is 1. The Morgan fingerprint density at radius 3 is 3.12 bits per heavy atom. The number of carbonyl (C=O) groups is 1. The van der Waals surface area contributed by atoms with Crippen molar-refractivity contribution in [2.45, 2.75) is 19.3 Å². The van der Waals surface area contributed by atoms with Gasteiger partial charge in [-0.25, -0.2) is 0 Å². The zero-order chi connectivity index (χ0) is 11.3. The van der Waals surface area contributed by atoms with Crippen LogP contribution in [-0.2, 0) is 16.0 Å². The summed E-state index contributed by atoms with van der Waals surface area (Å²) in [5.41, 5.74) is 2.61. The summed E-state index contributed by atoms with van der Waals surface area (Å²) in [5, 5.41) is 0.785. The Bertz CT molecular complexity index is 455. The third-order valence-electron chi connectivity index (χ3n) is 3.65. The molecule has 0 saturated heterocycles. The first kappa shape index (κ1) is 10.2. The minimum Gasteiger partial charge on any atom is -0.466 e. The molecule has 0 spiro atoms. The first-order valence-electron chi connectivity index (χ1n) is 5.67. The van der Waals surface area contributed by atoms with Gasteiger partial charge in [-0.1, -0.05) is 17.7 Å². The van der Waals surface area contributed by atoms with E-state index in [0.717, 1.165) is 11.4 Å². The molecule has 0 N–H and O–H groups in total. The second-order valence-electron chi connectivity index (χ2n) is 4.51. The van der Waals surface area contributed by atoms with Crippen molar-refractivity contribution in [2.24, 2.45) is 11.8 Å². The van der Waals surface area contributed by atoms with Gasteiger partial charge in [-0.3, -0.25) is 4.79 Å². The van der Waals surface area contributed by atoms with Crippen molar-refractivity contribution in [2.75, 3.05) is 6.61 Å². The number of ether oxygens (including phenoxy) is 1. The predicted octanol–water partition coefficient (Wildman–Crippen LogP) is 2.79. The van der Waals surface area contributed by atoms with E-state index in [1.807, 2.05) is 19.1 Å². The largest absolute Gasteiger partial charge is 0.466 e. The molecule has 2 aliphatic carbocycles. The van der Waals surface area contributed by atoms with E-state index in [1.165, 1.54) is 11.1 Å². The molecule has 1 aromatic carbocycles. The Morgan fingerprint density at radius 1 is 1.56 bits per heavy atom. The quantitative estimate of drug-likeness (QED) is 0.739. The van der Waals surface area contributed by atoms with Crippen LogP contribution in [-0.4, -0.2) is 12.6 Å². The van der Waals surface area contributed by atoms with E-state index < -0.39 is 0 Å². The summed E-state index contributed by atoms with van der Waals surface area (Å²) in [4.78, 5) is 11.6. The minimum atomic E-state index is -0.0295. The molecule has 3 rings (SSSR count). The Hall–Kier alpha value is -1.02. The SMILES string of the molecule is CCOC(=O)[C@@H]1[C@H]2Cc3cc(Cl)ccc3[C@H]21. The van der Waals surface area contributed by atoms with Crippen LogP contribution >= 0.6 is 11.6 Å². The van der Waals surface area contributed by atoms with Crippen molar-refractivity contribution in [1.29, 1.82) is 0 Å². The van der Waals surface area contributed by atoms with Gasteiger partial charge in [0.25, 0.3) is 0 Å². The van der Waals surface area contributed by atoms with E-state index in [9.17, 15) is 4.79 Å². The zero-order valence-corrected chi connectivity index (χ0v) is 9.83. The number of fused-ring (bicyclic) bond motifs is 3. The van der Waals surface area contributed by atoms with Crippen LogP contribution in [0, 0.1) is 11.8 Å². The zero-order valence-electron chi connectivity index (χ0n) is 9.07. The molecule has 2 aliphatic rings. The molecule has 0 unspecified atom stereocenters. The van der Waals surface area contributed by atoms with E-state index in [-0.39, 0.29) is 11.9 Å². The fourth-order valence-corrected chi connectivity index (χ4v) is 3.14. The second-order valence-corrected chi connectivity index (χ2v) is 4.95. The number of benzene rings is 1. The van der Waals surface area contributed by atoms with E-state index in [4.69, 9.17) is 16.3 Å². The molecule has 1 aromatic rings. The molecular weight excluding hydrogens is 224 g/mol. The van der Waals surface area contributed by atoms with Crippen molar-refractivity contribution in [3.05, 3.63) is 34.3 Å². The molecule has 0 heterocycles. The molecule has 84 valence electrons. The molecule has 0 bridgehead atoms. The highest BCUT2D eigenvalue weighted by molar-refractivity contribution is 6.30. The van der Waals surface area contributed by atoms with Crippen LogP contribution in [0.15, 0.2) is 18.2 Å². The number of esters is 1. The van der Waals surface area contributed by atoms with E-state index in [0.29, 0.717) is 18.4 Å². The van der Waals surface area contributed by atoms with Gasteiger partial charge in [0.15, 0.2) is 0 Å². The van der Waals surface area contributed by atoms with Gasteiger partial charge in [-0.2, -0.15) is 0 Å². The van der Waals surface area contributed by atoms with E-state index in [2.05, 4.69) is 6.07 Å². The summed E-state index contributed by atoms with van der Waals surface area (Å²) < 4.78 is 5.08. The van der Waals surface area contributed by atoms with Gasteiger partial charge in [0.1, 0.15) is 0 Å². The lowest BCUT2D eigenvalue weighted by Crippen LogP contribution is -2.10. The lowest BCUT2D eigenvalue weighted by molar-refractivity contribution is -0.145. The summed E-state index contributed by atoms with van der Waals surface area (Å²) in [6.45, 7) is 2.33. The Morgan fingerprint density at radius 2 is 2.38 bits per heavy atom. The van der Waals surface area contributed by atoms with Crippen LogP contribution in [0.5, 0.6) is 0 Å². The summed E-state index contributed by atoms with van der Waals surface area (Å²) >= 11 is 5.94. The van der Waals surface area contributed by atoms with Gasteiger partial charge in [-0.15, -0.1) is 0 Å². The maximum absolute atomic E-state index is 11.6. The average Bonchev–Trinajstić information content (AvgIpc) is 2.82. The summed E-state index contributed by atoms with van der Waals surface area (Å²) in [5.74, 6) is 0.936. The molecule has 0 amide bonds. The topological polar surface area (TPSA) is 26.3 Å². The van der Waals surface area contributed by atoms with Crippen molar-refractivity contribution in [3.63, 3.8) is 0 Å². The van der Waals surface area contributed by atoms with Crippen molar-refractivity contribution in [3.8, 4) is 0 Å². The van der Waals surface area contributed by atoms with E-state index in [1.54, 1.807) is 0 Å². The van der Waals surface area contributed by atoms with Crippen LogP contribution in [0.4, 0.5) is 0 Å². The summed E-state index contributed by atoms with van der Waals surface area (Å²) in [6.07, 6.45) is 0.976. The normalized spacial score (nSPS) is 29.5. The maximum Gasteiger partial charge on any atom is 0.309 e. The molecule has 3 atom stereocenters. The maximum atomic E-state index is 11.6. The van der Waals surface area contributed by atoms with Gasteiger partial charge in [0, 0.05) is 10.9 Å². The highest BCUT2D eigenvalue weighted by atomic mass is 35.5. The first-order chi connectivity index (χ1) is 7.72. The molecule has 1 saturated carbocycles. The lowest BCUT2D eigenvalue weighted by Gasteiger charge is -2.07. The second kappa shape index (κ2) is 3.49. The summed E-state index contributed by atoms with van der Waals surface area (Å²) in [6, 6.07) is 5.98. The fourth-order valence-electron chi connectivity index (χ4n) is 2.94. The molecule has 2 nitrogen and oxygen atoms in total. The van der Waals surface area contributed by atoms with Crippen molar-refractivity contribution >= 4 is 17.6 Å². The third-order valence-corrected chi connectivity index (χ3v) is 3.88. The van der Waals surface area contributed by atoms with Crippen LogP contribution in [0.3, 0.4) is 0 Å². The number of hydrogen-bond donors (Lipinski definition) is 0. The van der Waals surface area contributed by atoms with Crippen molar-refractivity contribution in [1.82, 2.24) is 0 Å². The van der Waals surface area contributed by atoms with Crippen LogP contribution in [0.2, 0.25) is 5.02 Å². The number of rotatable bonds is 2. The average molecular weight is 237 g/mol. The van der Waals surface area contributed by atoms with Gasteiger partial charge >= 0.3 is 5.97 Å². The lowest BCUT2D eigenvalue weighted by atomic mass is 10.0. The highest BCUT2D eigenvalue weighted by Crippen LogP contribution is 2.61. The van der Waals surface area contributed by atoms with Crippen LogP contribution in [0.1, 0.15) is 24.0 Å². The fraction of sp³-hybridized carbons (Fsp3) is 0.462. The standard InChI is InChI=1S/C13H13ClO2/c1-2-16-13(15)12-10-6-7-5-8(14)3-4-9(7)11(10)12/h3-5,10-12H,2,6H2,1H3/t10-,11+,12+/m0/s1. The van der Waals surface area contributed by atoms with Gasteiger partial charge in [0.2, 0.25) is 0 Å². The molecule has 3 heteroatoms. The summed E-state index contributed by atoms with van der Waals surface area (Å²) in [7, 11) is 0. The number of halogens is 1. The van der Waals surface area contributed by atoms with E-state index >= 15 is 0 Å². The van der Waals surface area contributed by atoms with Crippen LogP contribution in [0.25, 0.3) is 0 Å². The molecule has 0 radical (unpaired) electrons. The molecule has 1 fully saturated rings. The first-order valence-corrected chi connectivity index (χ1v) is 6.05. The Labute approximate surface area is 99.6 Å². The van der Waals surface area contributed by atoms with Crippen molar-refractivity contribution < 1.29 is 9.53 Å². The molecule has 0 aromatic heterocycles. The Balaban J connectivity index is 1.82. The van der Waals surface area contributed by atoms with Gasteiger partial charge in [0.05, 0.1) is 12.5 Å². The van der Waals surface area contributed by atoms with Crippen LogP contribution < -0.4 is 0 Å². The highest BCUT2D eigenvalue weighted by Gasteiger charge is 2.60. The monoisotopic (exact) mass is 236 g/mol. The molecule has 16 heavy (non-hydrogen) atoms. The third kappa shape index (κ3) is 1.36. The van der Waals surface area contributed by atoms with Gasteiger partial charge < -0.3 is 4.74 Å². The number of hydrogen-bond acceptors (Lipinski definition) is 2. The molecular formula is C13H13ClO2. The molecule has 0 aliphatic heterocycles. The Kier molecular flexibility index (Phi) is 2.21. The van der Waals surface area contributed by atoms with Gasteiger partial charge in [-0.05, 0) is 42.5 Å².